The second kappa shape index (κ2) is 5.96. The average Bonchev–Trinajstić information content (AvgIpc) is 2.87. The number of rotatable bonds is 5. The van der Waals surface area contributed by atoms with Gasteiger partial charge in [-0.3, -0.25) is 4.79 Å². The molecule has 0 unspecified atom stereocenters. The molecule has 2 heterocycles. The molecular formula is C14H16N2O4S2. The van der Waals surface area contributed by atoms with Gasteiger partial charge >= 0.3 is 0 Å². The van der Waals surface area contributed by atoms with Crippen molar-refractivity contribution in [2.24, 2.45) is 0 Å². The summed E-state index contributed by atoms with van der Waals surface area (Å²) in [4.78, 5) is 11.4. The van der Waals surface area contributed by atoms with Gasteiger partial charge in [-0.15, -0.1) is 11.3 Å². The van der Waals surface area contributed by atoms with Crippen LogP contribution in [-0.2, 0) is 19.6 Å². The standard InChI is InChI=1S/C14H16N2O4S2/c1-20-9-13(17)15-11-7-16(8-11)22(18,19)14-6-10-4-2-3-5-12(10)21-14/h2-6,11H,7-9H2,1H3,(H,15,17). The van der Waals surface area contributed by atoms with E-state index in [2.05, 4.69) is 5.32 Å². The third-order valence-electron chi connectivity index (χ3n) is 3.49. The number of amides is 1. The van der Waals surface area contributed by atoms with Gasteiger partial charge in [0, 0.05) is 24.9 Å². The zero-order chi connectivity index (χ0) is 15.7. The van der Waals surface area contributed by atoms with Gasteiger partial charge < -0.3 is 10.1 Å². The van der Waals surface area contributed by atoms with Gasteiger partial charge in [-0.1, -0.05) is 18.2 Å². The number of carbonyl (C=O) groups is 1. The fourth-order valence-corrected chi connectivity index (χ4v) is 5.42. The lowest BCUT2D eigenvalue weighted by atomic mass is 10.2. The van der Waals surface area contributed by atoms with Crippen LogP contribution in [0.1, 0.15) is 0 Å². The van der Waals surface area contributed by atoms with E-state index in [1.807, 2.05) is 24.3 Å². The summed E-state index contributed by atoms with van der Waals surface area (Å²) in [6, 6.07) is 9.13. The number of hydrogen-bond acceptors (Lipinski definition) is 5. The summed E-state index contributed by atoms with van der Waals surface area (Å²) in [5.74, 6) is -0.230. The van der Waals surface area contributed by atoms with E-state index >= 15 is 0 Å². The van der Waals surface area contributed by atoms with E-state index in [1.165, 1.54) is 22.8 Å². The average molecular weight is 340 g/mol. The van der Waals surface area contributed by atoms with Crippen molar-refractivity contribution in [3.05, 3.63) is 30.3 Å². The molecule has 118 valence electrons. The second-order valence-corrected chi connectivity index (χ2v) is 8.37. The highest BCUT2D eigenvalue weighted by Gasteiger charge is 2.38. The highest BCUT2D eigenvalue weighted by Crippen LogP contribution is 2.32. The van der Waals surface area contributed by atoms with Crippen LogP contribution in [0.5, 0.6) is 0 Å². The summed E-state index contributed by atoms with van der Waals surface area (Å²) in [6.45, 7) is 0.581. The third kappa shape index (κ3) is 2.87. The minimum Gasteiger partial charge on any atom is -0.375 e. The van der Waals surface area contributed by atoms with Gasteiger partial charge in [0.05, 0.1) is 6.04 Å². The van der Waals surface area contributed by atoms with Crippen LogP contribution in [0.25, 0.3) is 10.1 Å². The first-order valence-corrected chi connectivity index (χ1v) is 9.03. The molecule has 1 N–H and O–H groups in total. The summed E-state index contributed by atoms with van der Waals surface area (Å²) < 4.78 is 32.5. The zero-order valence-electron chi connectivity index (χ0n) is 12.0. The first kappa shape index (κ1) is 15.4. The van der Waals surface area contributed by atoms with Crippen LogP contribution >= 0.6 is 11.3 Å². The largest absolute Gasteiger partial charge is 0.375 e. The Bertz CT molecular complexity index is 761. The molecule has 3 rings (SSSR count). The molecule has 0 radical (unpaired) electrons. The van der Waals surface area contributed by atoms with Gasteiger partial charge in [0.15, 0.2) is 0 Å². The van der Waals surface area contributed by atoms with Crippen molar-refractivity contribution in [2.45, 2.75) is 10.3 Å². The van der Waals surface area contributed by atoms with Gasteiger partial charge in [0.1, 0.15) is 10.8 Å². The summed E-state index contributed by atoms with van der Waals surface area (Å²) in [7, 11) is -2.03. The lowest BCUT2D eigenvalue weighted by Crippen LogP contribution is -2.61. The Labute approximate surface area is 132 Å². The molecule has 1 aromatic carbocycles. The number of fused-ring (bicyclic) bond motifs is 1. The first-order valence-electron chi connectivity index (χ1n) is 6.78. The molecule has 1 aromatic heterocycles. The predicted molar refractivity (Wildman–Crippen MR) is 84.4 cm³/mol. The highest BCUT2D eigenvalue weighted by molar-refractivity contribution is 7.91. The number of nitrogens with one attached hydrogen (secondary N) is 1. The Morgan fingerprint density at radius 2 is 2.14 bits per heavy atom. The van der Waals surface area contributed by atoms with Gasteiger partial charge in [0.2, 0.25) is 5.91 Å². The van der Waals surface area contributed by atoms with E-state index in [9.17, 15) is 13.2 Å². The molecule has 1 amide bonds. The van der Waals surface area contributed by atoms with E-state index in [0.29, 0.717) is 17.3 Å². The Morgan fingerprint density at radius 3 is 2.82 bits per heavy atom. The Kier molecular flexibility index (Phi) is 4.18. The van der Waals surface area contributed by atoms with Gasteiger partial charge in [0.25, 0.3) is 10.0 Å². The van der Waals surface area contributed by atoms with E-state index in [1.54, 1.807) is 6.07 Å². The lowest BCUT2D eigenvalue weighted by Gasteiger charge is -2.37. The number of methoxy groups -OCH3 is 1. The van der Waals surface area contributed by atoms with Crippen LogP contribution in [0, 0.1) is 0 Å². The van der Waals surface area contributed by atoms with E-state index in [4.69, 9.17) is 4.74 Å². The first-order chi connectivity index (χ1) is 10.5. The number of ether oxygens (including phenoxy) is 1. The van der Waals surface area contributed by atoms with Crippen LogP contribution in [-0.4, -0.2) is 51.5 Å². The fourth-order valence-electron chi connectivity index (χ4n) is 2.34. The van der Waals surface area contributed by atoms with Crippen molar-refractivity contribution in [2.75, 3.05) is 26.8 Å². The summed E-state index contributed by atoms with van der Waals surface area (Å²) in [5, 5.41) is 3.66. The Morgan fingerprint density at radius 1 is 1.41 bits per heavy atom. The van der Waals surface area contributed by atoms with Crippen molar-refractivity contribution in [3.8, 4) is 0 Å². The fraction of sp³-hybridized carbons (Fsp3) is 0.357. The minimum absolute atomic E-state index is 0.0143. The number of nitrogens with zero attached hydrogens (tertiary/aromatic N) is 1. The van der Waals surface area contributed by atoms with E-state index in [0.717, 1.165) is 10.1 Å². The van der Waals surface area contributed by atoms with E-state index in [-0.39, 0.29) is 18.6 Å². The van der Waals surface area contributed by atoms with Crippen LogP contribution in [0.3, 0.4) is 0 Å². The molecule has 1 saturated heterocycles. The van der Waals surface area contributed by atoms with E-state index < -0.39 is 10.0 Å². The van der Waals surface area contributed by atoms with Crippen LogP contribution in [0.15, 0.2) is 34.5 Å². The number of carbonyl (C=O) groups excluding carboxylic acids is 1. The maximum absolute atomic E-state index is 12.5. The van der Waals surface area contributed by atoms with Crippen LogP contribution < -0.4 is 5.32 Å². The molecule has 0 spiro atoms. The summed E-state index contributed by atoms with van der Waals surface area (Å²) in [6.07, 6.45) is 0. The van der Waals surface area contributed by atoms with Crippen molar-refractivity contribution in [1.29, 1.82) is 0 Å². The van der Waals surface area contributed by atoms with Crippen LogP contribution in [0.2, 0.25) is 0 Å². The normalized spacial score (nSPS) is 16.6. The smallest absolute Gasteiger partial charge is 0.252 e. The van der Waals surface area contributed by atoms with Crippen LogP contribution in [0.4, 0.5) is 0 Å². The molecule has 0 saturated carbocycles. The van der Waals surface area contributed by atoms with Gasteiger partial charge in [-0.2, -0.15) is 4.31 Å². The van der Waals surface area contributed by atoms with Gasteiger partial charge in [-0.25, -0.2) is 8.42 Å². The number of thiophene rings is 1. The predicted octanol–water partition coefficient (Wildman–Crippen LogP) is 1.04. The van der Waals surface area contributed by atoms with Crippen molar-refractivity contribution in [1.82, 2.24) is 9.62 Å². The SMILES string of the molecule is COCC(=O)NC1CN(S(=O)(=O)c2cc3ccccc3s2)C1. The quantitative estimate of drug-likeness (QED) is 0.882. The molecule has 1 fully saturated rings. The van der Waals surface area contributed by atoms with Gasteiger partial charge in [-0.05, 0) is 17.5 Å². The van der Waals surface area contributed by atoms with Crippen molar-refractivity contribution in [3.63, 3.8) is 0 Å². The maximum atomic E-state index is 12.5. The molecule has 2 aromatic rings. The monoisotopic (exact) mass is 340 g/mol. The number of hydrogen-bond donors (Lipinski definition) is 1. The molecule has 22 heavy (non-hydrogen) atoms. The zero-order valence-corrected chi connectivity index (χ0v) is 13.6. The molecule has 6 nitrogen and oxygen atoms in total. The third-order valence-corrected chi connectivity index (χ3v) is 6.88. The molecule has 8 heteroatoms. The number of sulfonamides is 1. The second-order valence-electron chi connectivity index (χ2n) is 5.12. The summed E-state index contributed by atoms with van der Waals surface area (Å²) in [5.41, 5.74) is 0. The Balaban J connectivity index is 1.69. The molecular weight excluding hydrogens is 324 g/mol. The van der Waals surface area contributed by atoms with Crippen molar-refractivity contribution < 1.29 is 17.9 Å². The molecule has 0 bridgehead atoms. The molecule has 1 aliphatic rings. The minimum atomic E-state index is -3.48. The number of benzene rings is 1. The summed E-state index contributed by atoms with van der Waals surface area (Å²) >= 11 is 1.27. The van der Waals surface area contributed by atoms with Crippen molar-refractivity contribution >= 4 is 37.4 Å². The molecule has 0 atom stereocenters. The molecule has 1 aliphatic heterocycles. The highest BCUT2D eigenvalue weighted by atomic mass is 32.2. The topological polar surface area (TPSA) is 75.7 Å². The molecule has 0 aliphatic carbocycles. The maximum Gasteiger partial charge on any atom is 0.252 e. The lowest BCUT2D eigenvalue weighted by molar-refractivity contribution is -0.126. The Hall–Kier alpha value is -1.48.